The Labute approximate surface area is 128 Å². The zero-order chi connectivity index (χ0) is 15.7. The second-order valence-corrected chi connectivity index (χ2v) is 4.95. The predicted molar refractivity (Wildman–Crippen MR) is 87.8 cm³/mol. The third-order valence-corrected chi connectivity index (χ3v) is 3.73. The molecule has 1 rings (SSSR count). The lowest BCUT2D eigenvalue weighted by molar-refractivity contribution is 0.0757. The molecule has 21 heavy (non-hydrogen) atoms. The molecule has 1 heterocycles. The minimum absolute atomic E-state index is 0.0622. The summed E-state index contributed by atoms with van der Waals surface area (Å²) < 4.78 is 0. The van der Waals surface area contributed by atoms with Gasteiger partial charge in [0.2, 0.25) is 0 Å². The fourth-order valence-electron chi connectivity index (χ4n) is 2.28. The van der Waals surface area contributed by atoms with Crippen LogP contribution in [0.25, 0.3) is 0 Å². The van der Waals surface area contributed by atoms with Crippen LogP contribution in [0.3, 0.4) is 0 Å². The quantitative estimate of drug-likeness (QED) is 0.759. The summed E-state index contributed by atoms with van der Waals surface area (Å²) in [4.78, 5) is 20.9. The van der Waals surface area contributed by atoms with E-state index in [0.29, 0.717) is 5.56 Å². The first-order chi connectivity index (χ1) is 10.2. The highest BCUT2D eigenvalue weighted by atomic mass is 16.2. The van der Waals surface area contributed by atoms with Crippen LogP contribution in [0.4, 0.5) is 5.82 Å². The van der Waals surface area contributed by atoms with Gasteiger partial charge in [0.25, 0.3) is 5.91 Å². The molecular formula is C16H28N4O. The van der Waals surface area contributed by atoms with Gasteiger partial charge in [-0.2, -0.15) is 0 Å². The number of anilines is 1. The van der Waals surface area contributed by atoms with Crippen molar-refractivity contribution >= 4 is 11.7 Å². The van der Waals surface area contributed by atoms with Crippen LogP contribution < -0.4 is 5.32 Å². The van der Waals surface area contributed by atoms with Crippen molar-refractivity contribution in [1.29, 1.82) is 0 Å². The molecule has 0 spiro atoms. The van der Waals surface area contributed by atoms with Crippen molar-refractivity contribution in [3.05, 3.63) is 23.9 Å². The Bertz CT molecular complexity index is 415. The number of nitrogens with zero attached hydrogens (tertiary/aromatic N) is 3. The van der Waals surface area contributed by atoms with Gasteiger partial charge in [-0.1, -0.05) is 13.8 Å². The van der Waals surface area contributed by atoms with Gasteiger partial charge < -0.3 is 15.1 Å². The van der Waals surface area contributed by atoms with Gasteiger partial charge in [0.1, 0.15) is 5.82 Å². The minimum atomic E-state index is 0.0622. The summed E-state index contributed by atoms with van der Waals surface area (Å²) >= 11 is 0. The van der Waals surface area contributed by atoms with Crippen molar-refractivity contribution in [2.45, 2.75) is 27.2 Å². The number of aromatic nitrogens is 1. The third-order valence-electron chi connectivity index (χ3n) is 3.73. The van der Waals surface area contributed by atoms with Crippen LogP contribution in [-0.4, -0.2) is 60.5 Å². The molecule has 1 aromatic rings. The number of pyridine rings is 1. The first kappa shape index (κ1) is 17.4. The second-order valence-electron chi connectivity index (χ2n) is 4.95. The number of carbonyl (C=O) groups excluding carboxylic acids is 1. The Morgan fingerprint density at radius 2 is 1.86 bits per heavy atom. The van der Waals surface area contributed by atoms with Gasteiger partial charge in [0.05, 0.1) is 5.56 Å². The van der Waals surface area contributed by atoms with Crippen molar-refractivity contribution in [2.24, 2.45) is 0 Å². The van der Waals surface area contributed by atoms with Gasteiger partial charge in [0, 0.05) is 26.3 Å². The van der Waals surface area contributed by atoms with Crippen molar-refractivity contribution < 1.29 is 4.79 Å². The zero-order valence-corrected chi connectivity index (χ0v) is 13.7. The molecule has 1 N–H and O–H groups in total. The highest BCUT2D eigenvalue weighted by Crippen LogP contribution is 2.08. The lowest BCUT2D eigenvalue weighted by atomic mass is 10.2. The first-order valence-corrected chi connectivity index (χ1v) is 7.81. The van der Waals surface area contributed by atoms with Crippen molar-refractivity contribution in [3.8, 4) is 0 Å². The van der Waals surface area contributed by atoms with E-state index < -0.39 is 0 Å². The maximum absolute atomic E-state index is 12.4. The normalized spacial score (nSPS) is 10.7. The SMILES string of the molecule is CCN(CC)CCCN(CC)C(=O)c1ccc(NC)nc1. The molecule has 0 fully saturated rings. The van der Waals surface area contributed by atoms with Crippen molar-refractivity contribution in [1.82, 2.24) is 14.8 Å². The van der Waals surface area contributed by atoms with Crippen LogP contribution in [0.15, 0.2) is 18.3 Å². The number of carbonyl (C=O) groups is 1. The smallest absolute Gasteiger partial charge is 0.255 e. The van der Waals surface area contributed by atoms with Gasteiger partial charge in [0.15, 0.2) is 0 Å². The Morgan fingerprint density at radius 3 is 2.33 bits per heavy atom. The fraction of sp³-hybridized carbons (Fsp3) is 0.625. The third kappa shape index (κ3) is 5.34. The topological polar surface area (TPSA) is 48.5 Å². The highest BCUT2D eigenvalue weighted by Gasteiger charge is 2.14. The maximum atomic E-state index is 12.4. The average molecular weight is 292 g/mol. The average Bonchev–Trinajstić information content (AvgIpc) is 2.55. The van der Waals surface area contributed by atoms with Gasteiger partial charge in [-0.15, -0.1) is 0 Å². The number of amides is 1. The number of hydrogen-bond acceptors (Lipinski definition) is 4. The molecular weight excluding hydrogens is 264 g/mol. The lowest BCUT2D eigenvalue weighted by Crippen LogP contribution is -2.34. The maximum Gasteiger partial charge on any atom is 0.255 e. The Balaban J connectivity index is 2.55. The molecule has 5 heteroatoms. The summed E-state index contributed by atoms with van der Waals surface area (Å²) in [6, 6.07) is 3.66. The van der Waals surface area contributed by atoms with E-state index in [1.165, 1.54) is 0 Å². The highest BCUT2D eigenvalue weighted by molar-refractivity contribution is 5.94. The monoisotopic (exact) mass is 292 g/mol. The molecule has 0 bridgehead atoms. The van der Waals surface area contributed by atoms with Gasteiger partial charge in [-0.3, -0.25) is 4.79 Å². The Kier molecular flexibility index (Phi) is 7.75. The number of rotatable bonds is 9. The standard InChI is InChI=1S/C16H28N4O/c1-5-19(6-2)11-8-12-20(7-3)16(21)14-9-10-15(17-4)18-13-14/h9-10,13H,5-8,11-12H2,1-4H3,(H,17,18). The zero-order valence-electron chi connectivity index (χ0n) is 13.7. The lowest BCUT2D eigenvalue weighted by Gasteiger charge is -2.23. The van der Waals surface area contributed by atoms with Gasteiger partial charge in [-0.25, -0.2) is 4.98 Å². The van der Waals surface area contributed by atoms with E-state index in [0.717, 1.165) is 45.0 Å². The minimum Gasteiger partial charge on any atom is -0.373 e. The van der Waals surface area contributed by atoms with Gasteiger partial charge in [-0.05, 0) is 45.1 Å². The number of nitrogens with one attached hydrogen (secondary N) is 1. The van der Waals surface area contributed by atoms with Crippen LogP contribution in [0, 0.1) is 0 Å². The van der Waals surface area contributed by atoms with Gasteiger partial charge >= 0.3 is 0 Å². The summed E-state index contributed by atoms with van der Waals surface area (Å²) in [7, 11) is 1.81. The Hall–Kier alpha value is -1.62. The van der Waals surface area contributed by atoms with E-state index in [-0.39, 0.29) is 5.91 Å². The van der Waals surface area contributed by atoms with E-state index >= 15 is 0 Å². The molecule has 0 aromatic carbocycles. The first-order valence-electron chi connectivity index (χ1n) is 7.81. The molecule has 0 unspecified atom stereocenters. The van der Waals surface area contributed by atoms with Crippen LogP contribution in [0.1, 0.15) is 37.6 Å². The van der Waals surface area contributed by atoms with Crippen molar-refractivity contribution in [2.75, 3.05) is 45.1 Å². The molecule has 0 saturated carbocycles. The number of hydrogen-bond donors (Lipinski definition) is 1. The summed E-state index contributed by atoms with van der Waals surface area (Å²) in [5.74, 6) is 0.836. The molecule has 0 aliphatic rings. The fourth-order valence-corrected chi connectivity index (χ4v) is 2.28. The van der Waals surface area contributed by atoms with Crippen molar-refractivity contribution in [3.63, 3.8) is 0 Å². The largest absolute Gasteiger partial charge is 0.373 e. The van der Waals surface area contributed by atoms with Crippen LogP contribution in [-0.2, 0) is 0 Å². The molecule has 0 aliphatic carbocycles. The summed E-state index contributed by atoms with van der Waals surface area (Å²) in [5, 5.41) is 2.95. The molecule has 0 atom stereocenters. The summed E-state index contributed by atoms with van der Waals surface area (Å²) in [6.07, 6.45) is 2.64. The Morgan fingerprint density at radius 1 is 1.14 bits per heavy atom. The molecule has 118 valence electrons. The molecule has 0 aliphatic heterocycles. The van der Waals surface area contributed by atoms with Crippen LogP contribution in [0.2, 0.25) is 0 Å². The van der Waals surface area contributed by atoms with Crippen LogP contribution >= 0.6 is 0 Å². The second kappa shape index (κ2) is 9.34. The van der Waals surface area contributed by atoms with E-state index in [1.54, 1.807) is 6.20 Å². The summed E-state index contributed by atoms with van der Waals surface area (Å²) in [5.41, 5.74) is 0.652. The molecule has 0 saturated heterocycles. The summed E-state index contributed by atoms with van der Waals surface area (Å²) in [6.45, 7) is 11.0. The molecule has 1 aromatic heterocycles. The predicted octanol–water partition coefficient (Wildman–Crippen LogP) is 2.32. The molecule has 1 amide bonds. The molecule has 5 nitrogen and oxygen atoms in total. The van der Waals surface area contributed by atoms with E-state index in [4.69, 9.17) is 0 Å². The molecule has 0 radical (unpaired) electrons. The van der Waals surface area contributed by atoms with E-state index in [2.05, 4.69) is 29.0 Å². The van der Waals surface area contributed by atoms with E-state index in [1.807, 2.05) is 31.0 Å². The van der Waals surface area contributed by atoms with Crippen LogP contribution in [0.5, 0.6) is 0 Å². The van der Waals surface area contributed by atoms with E-state index in [9.17, 15) is 4.79 Å².